The number of ether oxygens (including phenoxy) is 1. The minimum absolute atomic E-state index is 0.0492. The predicted octanol–water partition coefficient (Wildman–Crippen LogP) is 1.19. The van der Waals surface area contributed by atoms with E-state index < -0.39 is 17.6 Å². The standard InChI is InChI=1S/C11H13NO5/c1-3-6-4-12-9(11(15)16)8(10(13)14)7(6)5-17-2/h4H,3,5H2,1-2H3,(H,13,14)(H,15,16). The highest BCUT2D eigenvalue weighted by molar-refractivity contribution is 6.01. The molecule has 0 bridgehead atoms. The molecule has 0 saturated heterocycles. The summed E-state index contributed by atoms with van der Waals surface area (Å²) in [4.78, 5) is 25.7. The molecule has 92 valence electrons. The number of carboxylic acids is 2. The third-order valence-corrected chi connectivity index (χ3v) is 2.36. The Morgan fingerprint density at radius 2 is 2.00 bits per heavy atom. The van der Waals surface area contributed by atoms with Gasteiger partial charge < -0.3 is 14.9 Å². The highest BCUT2D eigenvalue weighted by Crippen LogP contribution is 2.19. The zero-order chi connectivity index (χ0) is 13.0. The van der Waals surface area contributed by atoms with Crippen molar-refractivity contribution < 1.29 is 24.5 Å². The fraction of sp³-hybridized carbons (Fsp3) is 0.364. The first kappa shape index (κ1) is 13.1. The second kappa shape index (κ2) is 5.40. The number of rotatable bonds is 5. The molecule has 1 aromatic heterocycles. The van der Waals surface area contributed by atoms with Crippen molar-refractivity contribution in [1.29, 1.82) is 0 Å². The van der Waals surface area contributed by atoms with Crippen LogP contribution in [0.2, 0.25) is 0 Å². The number of aromatic nitrogens is 1. The number of methoxy groups -OCH3 is 1. The number of hydrogen-bond donors (Lipinski definition) is 2. The van der Waals surface area contributed by atoms with E-state index in [9.17, 15) is 9.59 Å². The van der Waals surface area contributed by atoms with Crippen molar-refractivity contribution in [3.05, 3.63) is 28.6 Å². The van der Waals surface area contributed by atoms with E-state index in [-0.39, 0.29) is 12.2 Å². The Morgan fingerprint density at radius 1 is 1.35 bits per heavy atom. The lowest BCUT2D eigenvalue weighted by molar-refractivity contribution is 0.0642. The van der Waals surface area contributed by atoms with Crippen LogP contribution in [0.3, 0.4) is 0 Å². The van der Waals surface area contributed by atoms with Crippen LogP contribution in [0.1, 0.15) is 38.9 Å². The second-order valence-electron chi connectivity index (χ2n) is 3.38. The first-order chi connectivity index (χ1) is 8.02. The highest BCUT2D eigenvalue weighted by atomic mass is 16.5. The summed E-state index contributed by atoms with van der Waals surface area (Å²) in [7, 11) is 1.42. The zero-order valence-electron chi connectivity index (χ0n) is 9.56. The first-order valence-electron chi connectivity index (χ1n) is 4.99. The molecule has 0 aromatic carbocycles. The molecule has 0 aliphatic rings. The molecule has 2 N–H and O–H groups in total. The first-order valence-corrected chi connectivity index (χ1v) is 4.99. The molecule has 0 radical (unpaired) electrons. The van der Waals surface area contributed by atoms with Crippen molar-refractivity contribution in [3.8, 4) is 0 Å². The van der Waals surface area contributed by atoms with Gasteiger partial charge in [0, 0.05) is 13.3 Å². The van der Waals surface area contributed by atoms with Crippen LogP contribution < -0.4 is 0 Å². The maximum absolute atomic E-state index is 11.1. The minimum atomic E-state index is -1.36. The molecule has 0 amide bonds. The van der Waals surface area contributed by atoms with Crippen molar-refractivity contribution in [2.24, 2.45) is 0 Å². The summed E-state index contributed by atoms with van der Waals surface area (Å²) in [5, 5.41) is 18.0. The van der Waals surface area contributed by atoms with Crippen LogP contribution in [-0.2, 0) is 17.8 Å². The third-order valence-electron chi connectivity index (χ3n) is 2.36. The largest absolute Gasteiger partial charge is 0.478 e. The van der Waals surface area contributed by atoms with Gasteiger partial charge in [0.2, 0.25) is 0 Å². The van der Waals surface area contributed by atoms with Gasteiger partial charge in [-0.05, 0) is 17.5 Å². The van der Waals surface area contributed by atoms with Gasteiger partial charge in [-0.2, -0.15) is 0 Å². The van der Waals surface area contributed by atoms with E-state index >= 15 is 0 Å². The summed E-state index contributed by atoms with van der Waals surface area (Å²) in [5.41, 5.74) is 0.296. The maximum Gasteiger partial charge on any atom is 0.355 e. The number of aryl methyl sites for hydroxylation is 1. The topological polar surface area (TPSA) is 96.7 Å². The van der Waals surface area contributed by atoms with E-state index in [4.69, 9.17) is 14.9 Å². The van der Waals surface area contributed by atoms with Crippen molar-refractivity contribution in [2.75, 3.05) is 7.11 Å². The fourth-order valence-corrected chi connectivity index (χ4v) is 1.59. The Labute approximate surface area is 97.9 Å². The molecule has 17 heavy (non-hydrogen) atoms. The Balaban J connectivity index is 3.52. The number of carbonyl (C=O) groups is 2. The Kier molecular flexibility index (Phi) is 4.17. The number of carboxylic acid groups (broad SMARTS) is 2. The zero-order valence-corrected chi connectivity index (χ0v) is 9.56. The van der Waals surface area contributed by atoms with Crippen molar-refractivity contribution in [3.63, 3.8) is 0 Å². The smallest absolute Gasteiger partial charge is 0.355 e. The number of aromatic carboxylic acids is 2. The maximum atomic E-state index is 11.1. The molecular formula is C11H13NO5. The van der Waals surface area contributed by atoms with Crippen LogP contribution in [-0.4, -0.2) is 34.2 Å². The van der Waals surface area contributed by atoms with Crippen LogP contribution in [0.4, 0.5) is 0 Å². The summed E-state index contributed by atoms with van der Waals surface area (Å²) in [6, 6.07) is 0. The minimum Gasteiger partial charge on any atom is -0.478 e. The molecule has 0 fully saturated rings. The molecule has 1 heterocycles. The summed E-state index contributed by atoms with van der Waals surface area (Å²) in [5.74, 6) is -2.67. The summed E-state index contributed by atoms with van der Waals surface area (Å²) < 4.78 is 4.91. The SMILES string of the molecule is CCc1cnc(C(=O)O)c(C(=O)O)c1COC. The molecule has 0 saturated carbocycles. The molecule has 0 spiro atoms. The third kappa shape index (κ3) is 2.59. The molecule has 0 aliphatic carbocycles. The quantitative estimate of drug-likeness (QED) is 0.801. The van der Waals surface area contributed by atoms with Crippen molar-refractivity contribution in [1.82, 2.24) is 4.98 Å². The summed E-state index contributed by atoms with van der Waals surface area (Å²) >= 11 is 0. The van der Waals surface area contributed by atoms with Gasteiger partial charge in [0.1, 0.15) is 0 Å². The van der Waals surface area contributed by atoms with Gasteiger partial charge in [-0.1, -0.05) is 6.92 Å². The van der Waals surface area contributed by atoms with Crippen LogP contribution >= 0.6 is 0 Å². The Bertz CT molecular complexity index is 455. The van der Waals surface area contributed by atoms with Crippen LogP contribution in [0.15, 0.2) is 6.20 Å². The number of hydrogen-bond acceptors (Lipinski definition) is 4. The van der Waals surface area contributed by atoms with E-state index in [2.05, 4.69) is 4.98 Å². The lowest BCUT2D eigenvalue weighted by atomic mass is 10.00. The normalized spacial score (nSPS) is 10.2. The number of pyridine rings is 1. The van der Waals surface area contributed by atoms with Crippen molar-refractivity contribution in [2.45, 2.75) is 20.0 Å². The molecular weight excluding hydrogens is 226 g/mol. The monoisotopic (exact) mass is 239 g/mol. The van der Waals surface area contributed by atoms with Crippen LogP contribution in [0.5, 0.6) is 0 Å². The van der Waals surface area contributed by atoms with Gasteiger partial charge in [0.05, 0.1) is 12.2 Å². The lowest BCUT2D eigenvalue weighted by Gasteiger charge is -2.12. The average Bonchev–Trinajstić information content (AvgIpc) is 2.28. The van der Waals surface area contributed by atoms with Gasteiger partial charge in [0.15, 0.2) is 5.69 Å². The molecule has 0 unspecified atom stereocenters. The van der Waals surface area contributed by atoms with Gasteiger partial charge in [-0.3, -0.25) is 0 Å². The van der Waals surface area contributed by atoms with E-state index in [1.54, 1.807) is 0 Å². The Morgan fingerprint density at radius 3 is 2.41 bits per heavy atom. The fourth-order valence-electron chi connectivity index (χ4n) is 1.59. The van der Waals surface area contributed by atoms with Gasteiger partial charge in [-0.25, -0.2) is 14.6 Å². The lowest BCUT2D eigenvalue weighted by Crippen LogP contribution is -2.16. The van der Waals surface area contributed by atoms with Crippen LogP contribution in [0, 0.1) is 0 Å². The molecule has 0 aliphatic heterocycles. The number of nitrogens with zero attached hydrogens (tertiary/aromatic N) is 1. The van der Waals surface area contributed by atoms with E-state index in [0.29, 0.717) is 17.5 Å². The van der Waals surface area contributed by atoms with Crippen LogP contribution in [0.25, 0.3) is 0 Å². The highest BCUT2D eigenvalue weighted by Gasteiger charge is 2.23. The average molecular weight is 239 g/mol. The van der Waals surface area contributed by atoms with E-state index in [1.165, 1.54) is 13.3 Å². The van der Waals surface area contributed by atoms with Gasteiger partial charge in [-0.15, -0.1) is 0 Å². The van der Waals surface area contributed by atoms with Gasteiger partial charge in [0.25, 0.3) is 0 Å². The Hall–Kier alpha value is -1.95. The molecule has 0 atom stereocenters. The molecule has 1 rings (SSSR count). The molecule has 6 heteroatoms. The van der Waals surface area contributed by atoms with Crippen molar-refractivity contribution >= 4 is 11.9 Å². The van der Waals surface area contributed by atoms with E-state index in [0.717, 1.165) is 0 Å². The van der Waals surface area contributed by atoms with E-state index in [1.807, 2.05) is 6.92 Å². The predicted molar refractivity (Wildman–Crippen MR) is 58.2 cm³/mol. The molecule has 6 nitrogen and oxygen atoms in total. The summed E-state index contributed by atoms with van der Waals surface area (Å²) in [6.07, 6.45) is 1.94. The van der Waals surface area contributed by atoms with Gasteiger partial charge >= 0.3 is 11.9 Å². The summed E-state index contributed by atoms with van der Waals surface area (Å²) in [6.45, 7) is 1.88. The molecule has 1 aromatic rings. The second-order valence-corrected chi connectivity index (χ2v) is 3.38.